The van der Waals surface area contributed by atoms with E-state index in [0.29, 0.717) is 0 Å². The van der Waals surface area contributed by atoms with Gasteiger partial charge in [0, 0.05) is 0 Å². The Morgan fingerprint density at radius 2 is 0.903 bits per heavy atom. The molecule has 5 heteroatoms. The molecule has 0 spiro atoms. The zero-order chi connectivity index (χ0) is 22.7. The number of carboxylic acids is 2. The van der Waals surface area contributed by atoms with E-state index in [4.69, 9.17) is 0 Å². The largest absolute Gasteiger partial charge is 0.481 e. The molecule has 0 unspecified atom stereocenters. The topological polar surface area (TPSA) is 74.6 Å². The van der Waals surface area contributed by atoms with Crippen molar-refractivity contribution in [3.8, 4) is 0 Å². The Kier molecular flexibility index (Phi) is 22.9. The highest BCUT2D eigenvalue weighted by Crippen LogP contribution is 2.38. The quantitative estimate of drug-likeness (QED) is 0.102. The average Bonchev–Trinajstić information content (AvgIpc) is 2.70. The third-order valence-corrected chi connectivity index (χ3v) is 6.56. The van der Waals surface area contributed by atoms with Gasteiger partial charge in [-0.15, -0.1) is 0 Å². The summed E-state index contributed by atoms with van der Waals surface area (Å²) in [6.45, 7) is 6.58. The molecule has 0 fully saturated rings. The number of unbranched alkanes of at least 4 members (excludes halogenated alkanes) is 14. The molecule has 0 aliphatic rings. The predicted molar refractivity (Wildman–Crippen MR) is 134 cm³/mol. The van der Waals surface area contributed by atoms with Crippen molar-refractivity contribution in [2.24, 2.45) is 11.3 Å². The summed E-state index contributed by atoms with van der Waals surface area (Å²) in [6.07, 6.45) is 22.1. The summed E-state index contributed by atoms with van der Waals surface area (Å²) in [7, 11) is 0. The molecule has 0 aromatic rings. The molecule has 0 aliphatic carbocycles. The first kappa shape index (κ1) is 32.9. The van der Waals surface area contributed by atoms with E-state index >= 15 is 0 Å². The molecule has 0 saturated heterocycles. The minimum atomic E-state index is -1.28. The van der Waals surface area contributed by atoms with E-state index < -0.39 is 17.9 Å². The van der Waals surface area contributed by atoms with Crippen LogP contribution in [-0.4, -0.2) is 45.2 Å². The van der Waals surface area contributed by atoms with Crippen molar-refractivity contribution in [1.29, 1.82) is 0 Å². The third-order valence-electron chi connectivity index (χ3n) is 6.56. The van der Waals surface area contributed by atoms with Gasteiger partial charge in [-0.1, -0.05) is 124 Å². The van der Waals surface area contributed by atoms with Gasteiger partial charge >= 0.3 is 35.0 Å². The lowest BCUT2D eigenvalue weighted by atomic mass is 9.73. The lowest BCUT2D eigenvalue weighted by Crippen LogP contribution is -2.31. The summed E-state index contributed by atoms with van der Waals surface area (Å²) in [5.41, 5.74) is -0.189. The van der Waals surface area contributed by atoms with E-state index in [1.54, 1.807) is 0 Å². The van der Waals surface area contributed by atoms with Crippen molar-refractivity contribution < 1.29 is 19.8 Å². The number of aliphatic carboxylic acids is 2. The minimum Gasteiger partial charge on any atom is -0.481 e. The molecule has 0 amide bonds. The highest BCUT2D eigenvalue weighted by atomic mass is 24.3. The maximum absolute atomic E-state index is 11.4. The van der Waals surface area contributed by atoms with Crippen molar-refractivity contribution in [3.05, 3.63) is 0 Å². The molecule has 2 N–H and O–H groups in total. The molecule has 0 heterocycles. The van der Waals surface area contributed by atoms with Gasteiger partial charge in [0.05, 0.1) is 0 Å². The van der Waals surface area contributed by atoms with Crippen molar-refractivity contribution >= 4 is 35.0 Å². The molecule has 182 valence electrons. The smallest absolute Gasteiger partial charge is 0.317 e. The van der Waals surface area contributed by atoms with Gasteiger partial charge in [-0.2, -0.15) is 0 Å². The Morgan fingerprint density at radius 1 is 0.613 bits per heavy atom. The van der Waals surface area contributed by atoms with E-state index in [-0.39, 0.29) is 34.9 Å². The van der Waals surface area contributed by atoms with E-state index in [0.717, 1.165) is 25.7 Å². The Morgan fingerprint density at radius 3 is 1.19 bits per heavy atom. The second-order valence-corrected chi connectivity index (χ2v) is 9.69. The van der Waals surface area contributed by atoms with Crippen molar-refractivity contribution in [3.63, 3.8) is 0 Å². The number of rotatable bonds is 22. The molecule has 0 aromatic heterocycles. The molecule has 0 radical (unpaired) electrons. The van der Waals surface area contributed by atoms with Crippen LogP contribution in [0.4, 0.5) is 0 Å². The second-order valence-electron chi connectivity index (χ2n) is 9.69. The van der Waals surface area contributed by atoms with Crippen LogP contribution in [0.5, 0.6) is 0 Å². The fraction of sp³-hybridized carbons (Fsp3) is 0.923. The summed E-state index contributed by atoms with van der Waals surface area (Å²) < 4.78 is 0. The van der Waals surface area contributed by atoms with Crippen LogP contribution >= 0.6 is 0 Å². The fourth-order valence-corrected chi connectivity index (χ4v) is 4.47. The normalized spacial score (nSPS) is 11.5. The van der Waals surface area contributed by atoms with Gasteiger partial charge in [-0.05, 0) is 24.7 Å². The van der Waals surface area contributed by atoms with E-state index in [1.807, 2.05) is 0 Å². The molecular formula is C26H52MgO4. The van der Waals surface area contributed by atoms with Crippen LogP contribution in [0.3, 0.4) is 0 Å². The zero-order valence-electron chi connectivity index (χ0n) is 20.2. The first-order valence-electron chi connectivity index (χ1n) is 12.8. The van der Waals surface area contributed by atoms with Gasteiger partial charge < -0.3 is 10.2 Å². The van der Waals surface area contributed by atoms with Crippen LogP contribution in [0.1, 0.15) is 143 Å². The highest BCUT2D eigenvalue weighted by molar-refractivity contribution is 5.92. The number of carbonyl (C=O) groups is 2. The lowest BCUT2D eigenvalue weighted by molar-refractivity contribution is -0.156. The Bertz CT molecular complexity index is 405. The average molecular weight is 453 g/mol. The van der Waals surface area contributed by atoms with Crippen molar-refractivity contribution in [2.75, 3.05) is 0 Å². The van der Waals surface area contributed by atoms with Gasteiger partial charge in [0.15, 0.2) is 5.92 Å². The predicted octanol–water partition coefficient (Wildman–Crippen LogP) is 7.31. The van der Waals surface area contributed by atoms with E-state index in [2.05, 4.69) is 20.8 Å². The van der Waals surface area contributed by atoms with Gasteiger partial charge in [0.2, 0.25) is 0 Å². The molecular weight excluding hydrogens is 401 g/mol. The third kappa shape index (κ3) is 18.9. The van der Waals surface area contributed by atoms with Gasteiger partial charge in [0.1, 0.15) is 0 Å². The Balaban J connectivity index is 0. The second kappa shape index (κ2) is 21.5. The van der Waals surface area contributed by atoms with Crippen LogP contribution in [0, 0.1) is 11.3 Å². The van der Waals surface area contributed by atoms with Gasteiger partial charge in [-0.25, -0.2) is 0 Å². The molecule has 0 rings (SSSR count). The molecule has 4 nitrogen and oxygen atoms in total. The summed E-state index contributed by atoms with van der Waals surface area (Å²) in [6, 6.07) is 0. The summed E-state index contributed by atoms with van der Waals surface area (Å²) in [5, 5.41) is 18.7. The van der Waals surface area contributed by atoms with Gasteiger partial charge in [0.25, 0.3) is 0 Å². The highest BCUT2D eigenvalue weighted by Gasteiger charge is 2.35. The first-order chi connectivity index (χ1) is 14.4. The number of carboxylic acid groups (broad SMARTS) is 2. The SMILES string of the molecule is CCCCCCCCCCC(C)(CCCCCCCCCC)CC(C(=O)O)C(=O)O.[MgH2]. The standard InChI is InChI=1S/C26H50O4.Mg.2H/c1-4-6-8-10-12-14-16-18-20-26(3,22-23(24(27)28)25(29)30)21-19-17-15-13-11-9-7-5-2;;;/h23H,4-22H2,1-3H3,(H,27,28)(H,29,30);;;. The Labute approximate surface area is 208 Å². The first-order valence-corrected chi connectivity index (χ1v) is 12.8. The summed E-state index contributed by atoms with van der Waals surface area (Å²) in [4.78, 5) is 22.9. The van der Waals surface area contributed by atoms with E-state index in [1.165, 1.54) is 89.9 Å². The fourth-order valence-electron chi connectivity index (χ4n) is 4.47. The Hall–Kier alpha value is -0.294. The van der Waals surface area contributed by atoms with Crippen LogP contribution in [0.15, 0.2) is 0 Å². The molecule has 31 heavy (non-hydrogen) atoms. The van der Waals surface area contributed by atoms with Crippen molar-refractivity contribution in [1.82, 2.24) is 0 Å². The van der Waals surface area contributed by atoms with Crippen LogP contribution < -0.4 is 0 Å². The molecule has 0 bridgehead atoms. The summed E-state index contributed by atoms with van der Waals surface area (Å²) >= 11 is 0. The molecule has 0 aromatic carbocycles. The van der Waals surface area contributed by atoms with Gasteiger partial charge in [-0.3, -0.25) is 9.59 Å². The molecule has 0 atom stereocenters. The monoisotopic (exact) mass is 452 g/mol. The van der Waals surface area contributed by atoms with Crippen molar-refractivity contribution in [2.45, 2.75) is 143 Å². The molecule has 0 saturated carbocycles. The maximum atomic E-state index is 11.4. The summed E-state index contributed by atoms with van der Waals surface area (Å²) in [5.74, 6) is -3.67. The molecule has 0 aliphatic heterocycles. The zero-order valence-corrected chi connectivity index (χ0v) is 20.2. The van der Waals surface area contributed by atoms with Crippen LogP contribution in [0.25, 0.3) is 0 Å². The van der Waals surface area contributed by atoms with E-state index in [9.17, 15) is 19.8 Å². The number of hydrogen-bond donors (Lipinski definition) is 2. The lowest BCUT2D eigenvalue weighted by Gasteiger charge is -2.31. The number of hydrogen-bond acceptors (Lipinski definition) is 2. The van der Waals surface area contributed by atoms with Crippen LogP contribution in [0.2, 0.25) is 0 Å². The maximum Gasteiger partial charge on any atom is 0.317 e. The minimum absolute atomic E-state index is 0. The van der Waals surface area contributed by atoms with Crippen LogP contribution in [-0.2, 0) is 9.59 Å².